The fraction of sp³-hybridized carbons (Fsp3) is 0.516. The van der Waals surface area contributed by atoms with Crippen LogP contribution in [0.25, 0.3) is 21.1 Å². The quantitative estimate of drug-likeness (QED) is 0.0861. The fourth-order valence-corrected chi connectivity index (χ4v) is 7.96. The Balaban J connectivity index is 1.16. The van der Waals surface area contributed by atoms with E-state index < -0.39 is 42.0 Å². The number of likely N-dealkylation sites (tertiary alicyclic amines) is 1. The molecule has 6 rings (SSSR count). The average Bonchev–Trinajstić information content (AvgIpc) is 3.58. The Morgan fingerprint density at radius 2 is 1.76 bits per heavy atom. The molecule has 3 aromatic heterocycles. The Morgan fingerprint density at radius 3 is 2.41 bits per heavy atom. The van der Waals surface area contributed by atoms with Crippen LogP contribution in [0.2, 0.25) is 0 Å². The average molecular weight is 733 g/mol. The van der Waals surface area contributed by atoms with Crippen molar-refractivity contribution in [3.05, 3.63) is 52.3 Å². The maximum atomic E-state index is 13.0. The third kappa shape index (κ3) is 6.80. The van der Waals surface area contributed by atoms with Gasteiger partial charge in [-0.2, -0.15) is 18.4 Å². The van der Waals surface area contributed by atoms with Gasteiger partial charge in [-0.1, -0.05) is 6.07 Å². The number of rotatable bonds is 8. The Bertz CT molecular complexity index is 1960. The molecule has 272 valence electrons. The van der Waals surface area contributed by atoms with E-state index in [1.807, 2.05) is 13.0 Å². The molecule has 0 saturated carbocycles. The second-order valence-corrected chi connectivity index (χ2v) is 14.3. The molecule has 0 spiro atoms. The monoisotopic (exact) mass is 732 g/mol. The maximum Gasteiger partial charge on any atom is 0.393 e. The van der Waals surface area contributed by atoms with Crippen molar-refractivity contribution in [3.63, 3.8) is 0 Å². The zero-order valence-corrected chi connectivity index (χ0v) is 28.2. The minimum absolute atomic E-state index is 0.0465. The number of aromatic nitrogens is 3. The highest BCUT2D eigenvalue weighted by Crippen LogP contribution is 2.39. The molecule has 1 aromatic carbocycles. The number of anilines is 1. The molecule has 4 aromatic rings. The van der Waals surface area contributed by atoms with Gasteiger partial charge in [0.25, 0.3) is 17.7 Å². The summed E-state index contributed by atoms with van der Waals surface area (Å²) in [6.07, 6.45) is -2.49. The summed E-state index contributed by atoms with van der Waals surface area (Å²) in [5.41, 5.74) is -0.805. The standard InChI is InChI=1S/C31H36BF3N8O7S/c1-16(43-28(32,44)29(45,46)40-30(47,48)31(43,49)50)13-42-20(12-36)9-22-17(2)18(3-4-24(22)42)14-41-7-5-19(6-8-41)39-25-23-10-21(11-27(33,34)35)51-26(23)38-15-37-25/h3-4,9-10,15-16,19,40,44-50H,5-8,11,13-14H2,1-2H3,(H,37,38,39). The third-order valence-corrected chi connectivity index (χ3v) is 10.6. The van der Waals surface area contributed by atoms with E-state index in [4.69, 9.17) is 7.85 Å². The molecule has 20 heteroatoms. The number of hydrogen-bond acceptors (Lipinski definition) is 15. The summed E-state index contributed by atoms with van der Waals surface area (Å²) in [7, 11) is 5.69. The van der Waals surface area contributed by atoms with Gasteiger partial charge >= 0.3 is 6.18 Å². The second kappa shape index (κ2) is 12.9. The fourth-order valence-electron chi connectivity index (χ4n) is 6.94. The number of hydrogen-bond donors (Lipinski definition) is 9. The number of aliphatic hydroxyl groups is 7. The van der Waals surface area contributed by atoms with Crippen LogP contribution in [0.4, 0.5) is 19.0 Å². The zero-order valence-electron chi connectivity index (χ0n) is 27.4. The van der Waals surface area contributed by atoms with E-state index in [0.29, 0.717) is 33.5 Å². The Hall–Kier alpha value is -3.46. The molecule has 5 heterocycles. The Labute approximate surface area is 294 Å². The first-order chi connectivity index (χ1) is 23.6. The lowest BCUT2D eigenvalue weighted by molar-refractivity contribution is -0.519. The molecule has 2 fully saturated rings. The molecule has 2 saturated heterocycles. The number of aryl methyl sites for hydroxylation is 1. The van der Waals surface area contributed by atoms with Crippen molar-refractivity contribution in [1.82, 2.24) is 29.7 Å². The first kappa shape index (κ1) is 37.3. The number of nitriles is 1. The van der Waals surface area contributed by atoms with E-state index >= 15 is 0 Å². The highest BCUT2D eigenvalue weighted by atomic mass is 32.1. The van der Waals surface area contributed by atoms with Crippen LogP contribution >= 0.6 is 11.3 Å². The smallest absolute Gasteiger partial charge is 0.378 e. The van der Waals surface area contributed by atoms with Crippen molar-refractivity contribution < 1.29 is 48.9 Å². The largest absolute Gasteiger partial charge is 0.393 e. The van der Waals surface area contributed by atoms with Crippen molar-refractivity contribution in [2.24, 2.45) is 0 Å². The van der Waals surface area contributed by atoms with Gasteiger partial charge in [0.2, 0.25) is 0 Å². The predicted octanol–water partition coefficient (Wildman–Crippen LogP) is 0.0309. The van der Waals surface area contributed by atoms with Crippen molar-refractivity contribution in [3.8, 4) is 6.07 Å². The van der Waals surface area contributed by atoms with Crippen LogP contribution in [-0.2, 0) is 19.5 Å². The first-order valence-corrected chi connectivity index (χ1v) is 16.7. The van der Waals surface area contributed by atoms with Crippen LogP contribution < -0.4 is 10.6 Å². The first-order valence-electron chi connectivity index (χ1n) is 15.9. The second-order valence-electron chi connectivity index (χ2n) is 13.2. The van der Waals surface area contributed by atoms with Crippen molar-refractivity contribution in [2.75, 3.05) is 18.4 Å². The number of nitrogens with one attached hydrogen (secondary N) is 2. The van der Waals surface area contributed by atoms with Crippen LogP contribution in [-0.4, -0.2) is 123 Å². The molecule has 0 bridgehead atoms. The number of benzene rings is 1. The van der Waals surface area contributed by atoms with Crippen LogP contribution in [0.5, 0.6) is 0 Å². The number of thiophene rings is 1. The number of alkyl halides is 3. The van der Waals surface area contributed by atoms with E-state index in [1.165, 1.54) is 29.2 Å². The summed E-state index contributed by atoms with van der Waals surface area (Å²) in [5, 5.41) is 88.6. The van der Waals surface area contributed by atoms with E-state index in [2.05, 4.69) is 26.3 Å². The molecule has 2 atom stereocenters. The molecule has 2 aliphatic rings. The minimum Gasteiger partial charge on any atom is -0.378 e. The molecular formula is C31H36BF3N8O7S. The number of fused-ring (bicyclic) bond motifs is 2. The number of halogens is 3. The summed E-state index contributed by atoms with van der Waals surface area (Å²) >= 11 is 1.00. The van der Waals surface area contributed by atoms with E-state index in [9.17, 15) is 54.2 Å². The van der Waals surface area contributed by atoms with Gasteiger partial charge in [-0.3, -0.25) is 4.90 Å². The molecule has 2 aliphatic heterocycles. The molecule has 2 radical (unpaired) electrons. The lowest BCUT2D eigenvalue weighted by atomic mass is 9.80. The zero-order chi connectivity index (χ0) is 37.3. The highest BCUT2D eigenvalue weighted by Gasteiger charge is 2.71. The topological polar surface area (TPSA) is 227 Å². The van der Waals surface area contributed by atoms with Gasteiger partial charge in [0, 0.05) is 54.0 Å². The van der Waals surface area contributed by atoms with Crippen LogP contribution in [0.3, 0.4) is 0 Å². The van der Waals surface area contributed by atoms with Crippen LogP contribution in [0.1, 0.15) is 41.5 Å². The Morgan fingerprint density at radius 1 is 1.08 bits per heavy atom. The van der Waals surface area contributed by atoms with Gasteiger partial charge in [0.1, 0.15) is 42.2 Å². The summed E-state index contributed by atoms with van der Waals surface area (Å²) in [6, 6.07) is 7.58. The normalized spacial score (nSPS) is 23.4. The number of piperazine rings is 1. The van der Waals surface area contributed by atoms with Gasteiger partial charge < -0.3 is 45.6 Å². The molecule has 51 heavy (non-hydrogen) atoms. The number of piperidine rings is 1. The summed E-state index contributed by atoms with van der Waals surface area (Å²) in [5.74, 6) is -10.6. The predicted molar refractivity (Wildman–Crippen MR) is 177 cm³/mol. The van der Waals surface area contributed by atoms with Crippen molar-refractivity contribution in [1.29, 1.82) is 5.26 Å². The SMILES string of the molecule is [B]C1(O)N(C(C)Cn2c(C#N)cc3c(C)c(CN4CCC(Nc5ncnc6sc(CC(F)(F)F)cc56)CC4)ccc32)C(O)(O)C(O)(O)NC1(O)O. The number of nitrogens with zero attached hydrogens (tertiary/aromatic N) is 6. The molecule has 2 unspecified atom stereocenters. The van der Waals surface area contributed by atoms with Crippen LogP contribution in [0, 0.1) is 18.3 Å². The maximum absolute atomic E-state index is 13.0. The highest BCUT2D eigenvalue weighted by molar-refractivity contribution is 7.18. The van der Waals surface area contributed by atoms with Gasteiger partial charge in [0.15, 0.2) is 0 Å². The van der Waals surface area contributed by atoms with Crippen molar-refractivity contribution in [2.45, 2.75) is 87.8 Å². The lowest BCUT2D eigenvalue weighted by Gasteiger charge is -2.60. The third-order valence-electron chi connectivity index (χ3n) is 9.58. The molecule has 0 amide bonds. The van der Waals surface area contributed by atoms with E-state index in [-0.39, 0.29) is 28.1 Å². The van der Waals surface area contributed by atoms with Crippen molar-refractivity contribution >= 4 is 46.1 Å². The molecule has 0 aliphatic carbocycles. The van der Waals surface area contributed by atoms with Crippen LogP contribution in [0.15, 0.2) is 30.6 Å². The Kier molecular flexibility index (Phi) is 9.43. The summed E-state index contributed by atoms with van der Waals surface area (Å²) in [6.45, 7) is 4.92. The molecular weight excluding hydrogens is 696 g/mol. The summed E-state index contributed by atoms with van der Waals surface area (Å²) in [4.78, 5) is 11.5. The molecule has 15 nitrogen and oxygen atoms in total. The van der Waals surface area contributed by atoms with Gasteiger partial charge in [-0.05, 0) is 56.0 Å². The van der Waals surface area contributed by atoms with Gasteiger partial charge in [-0.15, -0.1) is 11.3 Å². The van der Waals surface area contributed by atoms with E-state index in [1.54, 1.807) is 12.1 Å². The van der Waals surface area contributed by atoms with E-state index in [0.717, 1.165) is 48.4 Å². The minimum atomic E-state index is -4.32. The molecule has 9 N–H and O–H groups in total. The van der Waals surface area contributed by atoms with Gasteiger partial charge in [0.05, 0.1) is 11.8 Å². The van der Waals surface area contributed by atoms with Gasteiger partial charge in [-0.25, -0.2) is 20.2 Å². The lowest BCUT2D eigenvalue weighted by Crippen LogP contribution is -2.91. The summed E-state index contributed by atoms with van der Waals surface area (Å²) < 4.78 is 40.3.